The van der Waals surface area contributed by atoms with Gasteiger partial charge < -0.3 is 14.2 Å². The van der Waals surface area contributed by atoms with Crippen LogP contribution in [0.15, 0.2) is 24.8 Å². The summed E-state index contributed by atoms with van der Waals surface area (Å²) in [4.78, 5) is 22.4. The molecule has 0 amide bonds. The fourth-order valence-corrected chi connectivity index (χ4v) is 1.90. The largest absolute Gasteiger partial charge is 0.493 e. The first-order valence-corrected chi connectivity index (χ1v) is 7.11. The van der Waals surface area contributed by atoms with E-state index >= 15 is 0 Å². The Balaban J connectivity index is 2.47. The van der Waals surface area contributed by atoms with E-state index in [9.17, 15) is 9.59 Å². The smallest absolute Gasteiger partial charge is 0.338 e. The summed E-state index contributed by atoms with van der Waals surface area (Å²) in [5.74, 6) is -0.0183. The van der Waals surface area contributed by atoms with Crippen LogP contribution in [0.3, 0.4) is 0 Å². The van der Waals surface area contributed by atoms with E-state index in [1.807, 2.05) is 13.8 Å². The molecule has 0 unspecified atom stereocenters. The van der Waals surface area contributed by atoms with E-state index in [0.717, 1.165) is 35.8 Å². The fourth-order valence-electron chi connectivity index (χ4n) is 1.90. The number of unbranched alkanes of at least 4 members (excludes halogenated alkanes) is 1. The molecule has 0 atom stereocenters. The summed E-state index contributed by atoms with van der Waals surface area (Å²) in [6.45, 7) is 7.97. The highest BCUT2D eigenvalue weighted by molar-refractivity contribution is 5.91. The number of carbonyl (C=O) groups is 2. The molecule has 0 heterocycles. The molecule has 5 heteroatoms. The Morgan fingerprint density at radius 3 is 2.45 bits per heavy atom. The molecule has 120 valence electrons. The second kappa shape index (κ2) is 8.87. The van der Waals surface area contributed by atoms with Gasteiger partial charge in [0.2, 0.25) is 0 Å². The van der Waals surface area contributed by atoms with Gasteiger partial charge in [-0.15, -0.1) is 0 Å². The van der Waals surface area contributed by atoms with Gasteiger partial charge in [-0.05, 0) is 49.9 Å². The van der Waals surface area contributed by atoms with Gasteiger partial charge >= 0.3 is 11.9 Å². The summed E-state index contributed by atoms with van der Waals surface area (Å²) in [5, 5.41) is 0. The van der Waals surface area contributed by atoms with Crippen LogP contribution in [0.5, 0.6) is 5.75 Å². The first kappa shape index (κ1) is 17.8. The molecule has 0 radical (unpaired) electrons. The molecule has 0 fully saturated rings. The zero-order chi connectivity index (χ0) is 16.5. The van der Waals surface area contributed by atoms with Crippen LogP contribution in [0.4, 0.5) is 0 Å². The first-order chi connectivity index (χ1) is 10.5. The van der Waals surface area contributed by atoms with Crippen molar-refractivity contribution >= 4 is 11.9 Å². The van der Waals surface area contributed by atoms with Crippen molar-refractivity contribution in [2.75, 3.05) is 20.3 Å². The van der Waals surface area contributed by atoms with Gasteiger partial charge in [-0.1, -0.05) is 6.58 Å². The quantitative estimate of drug-likeness (QED) is 0.420. The van der Waals surface area contributed by atoms with Gasteiger partial charge in [0.25, 0.3) is 0 Å². The van der Waals surface area contributed by atoms with Crippen LogP contribution in [0.2, 0.25) is 0 Å². The van der Waals surface area contributed by atoms with Gasteiger partial charge in [0.15, 0.2) is 0 Å². The van der Waals surface area contributed by atoms with Gasteiger partial charge in [-0.25, -0.2) is 9.59 Å². The third kappa shape index (κ3) is 4.91. The molecular formula is C17H22O5. The second-order valence-electron chi connectivity index (χ2n) is 4.78. The van der Waals surface area contributed by atoms with Crippen molar-refractivity contribution in [3.05, 3.63) is 41.5 Å². The third-order valence-electron chi connectivity index (χ3n) is 3.35. The van der Waals surface area contributed by atoms with Gasteiger partial charge in [0, 0.05) is 6.08 Å². The van der Waals surface area contributed by atoms with Crippen molar-refractivity contribution in [3.63, 3.8) is 0 Å². The van der Waals surface area contributed by atoms with E-state index in [1.54, 1.807) is 12.1 Å². The standard InChI is InChI=1S/C17H22O5/c1-5-16(18)22-11-7-6-10-21-15-9-8-14(17(19)20-4)12(2)13(15)3/h5,8-9H,1,6-7,10-11H2,2-4H3. The minimum absolute atomic E-state index is 0.351. The van der Waals surface area contributed by atoms with E-state index in [-0.39, 0.29) is 5.97 Å². The maximum absolute atomic E-state index is 11.6. The van der Waals surface area contributed by atoms with E-state index < -0.39 is 5.97 Å². The predicted octanol–water partition coefficient (Wildman–Crippen LogP) is 2.98. The lowest BCUT2D eigenvalue weighted by Crippen LogP contribution is -2.07. The topological polar surface area (TPSA) is 61.8 Å². The lowest BCUT2D eigenvalue weighted by molar-refractivity contribution is -0.137. The van der Waals surface area contributed by atoms with E-state index in [0.29, 0.717) is 18.8 Å². The fraction of sp³-hybridized carbons (Fsp3) is 0.412. The Hall–Kier alpha value is -2.30. The second-order valence-corrected chi connectivity index (χ2v) is 4.78. The number of carbonyl (C=O) groups excluding carboxylic acids is 2. The van der Waals surface area contributed by atoms with E-state index in [1.165, 1.54) is 7.11 Å². The zero-order valence-electron chi connectivity index (χ0n) is 13.3. The average molecular weight is 306 g/mol. The lowest BCUT2D eigenvalue weighted by Gasteiger charge is -2.13. The Morgan fingerprint density at radius 1 is 1.14 bits per heavy atom. The van der Waals surface area contributed by atoms with Crippen molar-refractivity contribution in [3.8, 4) is 5.75 Å². The monoisotopic (exact) mass is 306 g/mol. The number of methoxy groups -OCH3 is 1. The summed E-state index contributed by atoms with van der Waals surface area (Å²) >= 11 is 0. The number of benzene rings is 1. The first-order valence-electron chi connectivity index (χ1n) is 7.11. The van der Waals surface area contributed by atoms with Crippen LogP contribution in [0.25, 0.3) is 0 Å². The molecule has 0 aliphatic heterocycles. The number of esters is 2. The molecule has 0 aromatic heterocycles. The highest BCUT2D eigenvalue weighted by Crippen LogP contribution is 2.25. The molecule has 22 heavy (non-hydrogen) atoms. The molecule has 5 nitrogen and oxygen atoms in total. The van der Waals surface area contributed by atoms with Crippen LogP contribution in [0, 0.1) is 13.8 Å². The van der Waals surface area contributed by atoms with E-state index in [2.05, 4.69) is 6.58 Å². The Bertz CT molecular complexity index is 548. The molecule has 1 aromatic carbocycles. The number of hydrogen-bond acceptors (Lipinski definition) is 5. The van der Waals surface area contributed by atoms with Crippen molar-refractivity contribution in [2.45, 2.75) is 26.7 Å². The lowest BCUT2D eigenvalue weighted by atomic mass is 10.0. The summed E-state index contributed by atoms with van der Waals surface area (Å²) in [6, 6.07) is 3.47. The SMILES string of the molecule is C=CC(=O)OCCCCOc1ccc(C(=O)OC)c(C)c1C. The van der Waals surface area contributed by atoms with Crippen LogP contribution in [0.1, 0.15) is 34.3 Å². The maximum Gasteiger partial charge on any atom is 0.338 e. The average Bonchev–Trinajstić information content (AvgIpc) is 2.53. The highest BCUT2D eigenvalue weighted by Gasteiger charge is 2.13. The van der Waals surface area contributed by atoms with Crippen LogP contribution in [-0.2, 0) is 14.3 Å². The van der Waals surface area contributed by atoms with Crippen LogP contribution in [-0.4, -0.2) is 32.3 Å². The molecule has 0 spiro atoms. The Morgan fingerprint density at radius 2 is 1.82 bits per heavy atom. The molecular weight excluding hydrogens is 284 g/mol. The van der Waals surface area contributed by atoms with Gasteiger partial charge in [0.1, 0.15) is 5.75 Å². The van der Waals surface area contributed by atoms with Crippen molar-refractivity contribution in [1.82, 2.24) is 0 Å². The highest BCUT2D eigenvalue weighted by atomic mass is 16.5. The molecule has 1 aromatic rings. The molecule has 0 saturated carbocycles. The van der Waals surface area contributed by atoms with E-state index in [4.69, 9.17) is 14.2 Å². The van der Waals surface area contributed by atoms with Crippen LogP contribution < -0.4 is 4.74 Å². The number of hydrogen-bond donors (Lipinski definition) is 0. The normalized spacial score (nSPS) is 9.95. The molecule has 0 saturated heterocycles. The molecule has 0 bridgehead atoms. The minimum Gasteiger partial charge on any atom is -0.493 e. The summed E-state index contributed by atoms with van der Waals surface area (Å²) in [5.41, 5.74) is 2.31. The van der Waals surface area contributed by atoms with Crippen molar-refractivity contribution in [1.29, 1.82) is 0 Å². The van der Waals surface area contributed by atoms with Gasteiger partial charge in [0.05, 0.1) is 25.9 Å². The van der Waals surface area contributed by atoms with Crippen molar-refractivity contribution in [2.24, 2.45) is 0 Å². The molecule has 0 N–H and O–H groups in total. The zero-order valence-corrected chi connectivity index (χ0v) is 13.3. The van der Waals surface area contributed by atoms with Crippen LogP contribution >= 0.6 is 0 Å². The molecule has 0 aliphatic carbocycles. The third-order valence-corrected chi connectivity index (χ3v) is 3.35. The molecule has 1 rings (SSSR count). The summed E-state index contributed by atoms with van der Waals surface area (Å²) < 4.78 is 15.3. The Labute approximate surface area is 130 Å². The summed E-state index contributed by atoms with van der Waals surface area (Å²) in [7, 11) is 1.36. The van der Waals surface area contributed by atoms with Gasteiger partial charge in [-0.2, -0.15) is 0 Å². The van der Waals surface area contributed by atoms with Crippen molar-refractivity contribution < 1.29 is 23.8 Å². The molecule has 0 aliphatic rings. The predicted molar refractivity (Wildman–Crippen MR) is 83.1 cm³/mol. The summed E-state index contributed by atoms with van der Waals surface area (Å²) in [6.07, 6.45) is 2.63. The number of rotatable bonds is 8. The van der Waals surface area contributed by atoms with Gasteiger partial charge in [-0.3, -0.25) is 0 Å². The minimum atomic E-state index is -0.411. The maximum atomic E-state index is 11.6. The Kier molecular flexibility index (Phi) is 7.16. The number of ether oxygens (including phenoxy) is 3.